The lowest BCUT2D eigenvalue weighted by Crippen LogP contribution is -1.88. The fourth-order valence-corrected chi connectivity index (χ4v) is 1.41. The van der Waals surface area contributed by atoms with Gasteiger partial charge < -0.3 is 0 Å². The minimum atomic E-state index is -0.296. The van der Waals surface area contributed by atoms with E-state index in [-0.39, 0.29) is 5.24 Å². The monoisotopic (exact) mass is 196 g/mol. The fraction of sp³-hybridized carbons (Fsp3) is 0.364. The lowest BCUT2D eigenvalue weighted by molar-refractivity contribution is -0.111. The van der Waals surface area contributed by atoms with Gasteiger partial charge in [-0.05, 0) is 30.0 Å². The molecule has 70 valence electrons. The van der Waals surface area contributed by atoms with E-state index >= 15 is 0 Å². The maximum atomic E-state index is 10.6. The second-order valence-corrected chi connectivity index (χ2v) is 3.47. The van der Waals surface area contributed by atoms with Crippen molar-refractivity contribution >= 4 is 16.8 Å². The van der Waals surface area contributed by atoms with Gasteiger partial charge in [-0.1, -0.05) is 36.8 Å². The van der Waals surface area contributed by atoms with Gasteiger partial charge in [0.2, 0.25) is 5.24 Å². The number of allylic oxidation sites excluding steroid dienone is 6. The molecule has 0 N–H and O–H groups in total. The van der Waals surface area contributed by atoms with E-state index in [1.165, 1.54) is 5.57 Å². The minimum Gasteiger partial charge on any atom is -0.281 e. The highest BCUT2D eigenvalue weighted by atomic mass is 35.5. The van der Waals surface area contributed by atoms with E-state index < -0.39 is 0 Å². The summed E-state index contributed by atoms with van der Waals surface area (Å²) in [4.78, 5) is 10.6. The van der Waals surface area contributed by atoms with Crippen LogP contribution in [-0.2, 0) is 4.79 Å². The molecule has 0 aliphatic heterocycles. The molecule has 0 unspecified atom stereocenters. The van der Waals surface area contributed by atoms with Crippen molar-refractivity contribution in [1.29, 1.82) is 0 Å². The van der Waals surface area contributed by atoms with Gasteiger partial charge in [0.1, 0.15) is 0 Å². The third kappa shape index (κ3) is 3.60. The summed E-state index contributed by atoms with van der Waals surface area (Å²) >= 11 is 5.30. The molecule has 1 aliphatic carbocycles. The predicted octanol–water partition coefficient (Wildman–Crippen LogP) is 3.36. The van der Waals surface area contributed by atoms with Crippen LogP contribution in [0.15, 0.2) is 35.5 Å². The Labute approximate surface area is 83.8 Å². The standard InChI is InChI=1S/C11H13ClO/c1-2-9-4-3-5-10(7-6-9)8-11(12)13/h3-5,7H,2,6,8H2,1H3. The van der Waals surface area contributed by atoms with Crippen molar-refractivity contribution in [2.24, 2.45) is 0 Å². The molecule has 0 aromatic rings. The van der Waals surface area contributed by atoms with E-state index in [1.54, 1.807) is 0 Å². The molecule has 0 bridgehead atoms. The summed E-state index contributed by atoms with van der Waals surface area (Å²) in [6.07, 6.45) is 10.4. The zero-order valence-corrected chi connectivity index (χ0v) is 8.47. The summed E-state index contributed by atoms with van der Waals surface area (Å²) < 4.78 is 0. The van der Waals surface area contributed by atoms with Gasteiger partial charge in [-0.2, -0.15) is 0 Å². The normalized spacial score (nSPS) is 16.2. The maximum Gasteiger partial charge on any atom is 0.226 e. The van der Waals surface area contributed by atoms with E-state index in [1.807, 2.05) is 12.2 Å². The summed E-state index contributed by atoms with van der Waals surface area (Å²) in [7, 11) is 0. The Bertz CT molecular complexity index is 284. The van der Waals surface area contributed by atoms with Crippen molar-refractivity contribution in [3.63, 3.8) is 0 Å². The quantitative estimate of drug-likeness (QED) is 0.633. The Morgan fingerprint density at radius 3 is 3.00 bits per heavy atom. The van der Waals surface area contributed by atoms with Gasteiger partial charge in [-0.25, -0.2) is 0 Å². The first kappa shape index (κ1) is 10.3. The third-order valence-corrected chi connectivity index (χ3v) is 2.20. The summed E-state index contributed by atoms with van der Waals surface area (Å²) in [5.41, 5.74) is 2.40. The number of carbonyl (C=O) groups is 1. The number of halogens is 1. The Balaban J connectivity index is 2.63. The molecule has 0 saturated carbocycles. The highest BCUT2D eigenvalue weighted by Crippen LogP contribution is 2.16. The molecular weight excluding hydrogens is 184 g/mol. The SMILES string of the molecule is CCC1=CC=CC(CC(=O)Cl)=CC1. The number of rotatable bonds is 3. The van der Waals surface area contributed by atoms with Crippen LogP contribution in [0, 0.1) is 0 Å². The molecule has 0 spiro atoms. The molecule has 2 heteroatoms. The number of hydrogen-bond donors (Lipinski definition) is 0. The molecule has 1 nitrogen and oxygen atoms in total. The van der Waals surface area contributed by atoms with Crippen LogP contribution in [0.4, 0.5) is 0 Å². The van der Waals surface area contributed by atoms with E-state index in [0.717, 1.165) is 18.4 Å². The van der Waals surface area contributed by atoms with Gasteiger partial charge in [0, 0.05) is 6.42 Å². The van der Waals surface area contributed by atoms with Gasteiger partial charge in [0.15, 0.2) is 0 Å². The fourth-order valence-electron chi connectivity index (χ4n) is 1.26. The Morgan fingerprint density at radius 2 is 2.38 bits per heavy atom. The molecule has 0 fully saturated rings. The summed E-state index contributed by atoms with van der Waals surface area (Å²) in [5, 5.41) is -0.296. The largest absolute Gasteiger partial charge is 0.281 e. The van der Waals surface area contributed by atoms with E-state index in [0.29, 0.717) is 6.42 Å². The van der Waals surface area contributed by atoms with E-state index in [2.05, 4.69) is 19.1 Å². The van der Waals surface area contributed by atoms with Gasteiger partial charge in [-0.3, -0.25) is 4.79 Å². The molecule has 0 amide bonds. The van der Waals surface area contributed by atoms with Crippen molar-refractivity contribution in [1.82, 2.24) is 0 Å². The molecular formula is C11H13ClO. The van der Waals surface area contributed by atoms with Gasteiger partial charge in [0.25, 0.3) is 0 Å². The molecule has 0 heterocycles. The average Bonchev–Trinajstić information content (AvgIpc) is 2.29. The van der Waals surface area contributed by atoms with Crippen LogP contribution in [0.25, 0.3) is 0 Å². The summed E-state index contributed by atoms with van der Waals surface area (Å²) in [5.74, 6) is 0. The van der Waals surface area contributed by atoms with Crippen LogP contribution in [0.1, 0.15) is 26.2 Å². The first-order valence-corrected chi connectivity index (χ1v) is 4.83. The maximum absolute atomic E-state index is 10.6. The Kier molecular flexibility index (Phi) is 3.97. The second kappa shape index (κ2) is 5.03. The van der Waals surface area contributed by atoms with Crippen LogP contribution >= 0.6 is 11.6 Å². The lowest BCUT2D eigenvalue weighted by Gasteiger charge is -1.97. The summed E-state index contributed by atoms with van der Waals surface area (Å²) in [6.45, 7) is 2.13. The van der Waals surface area contributed by atoms with Crippen molar-refractivity contribution in [3.8, 4) is 0 Å². The molecule has 1 rings (SSSR count). The zero-order chi connectivity index (χ0) is 9.68. The third-order valence-electron chi connectivity index (χ3n) is 2.07. The van der Waals surface area contributed by atoms with Crippen LogP contribution < -0.4 is 0 Å². The Morgan fingerprint density at radius 1 is 1.62 bits per heavy atom. The first-order valence-electron chi connectivity index (χ1n) is 4.46. The number of carbonyl (C=O) groups excluding carboxylic acids is 1. The van der Waals surface area contributed by atoms with Gasteiger partial charge in [0.05, 0.1) is 0 Å². The van der Waals surface area contributed by atoms with Gasteiger partial charge >= 0.3 is 0 Å². The second-order valence-electron chi connectivity index (χ2n) is 3.05. The molecule has 0 radical (unpaired) electrons. The Hall–Kier alpha value is -0.820. The van der Waals surface area contributed by atoms with Crippen LogP contribution in [-0.4, -0.2) is 5.24 Å². The molecule has 0 aromatic heterocycles. The topological polar surface area (TPSA) is 17.1 Å². The molecule has 0 aromatic carbocycles. The van der Waals surface area contributed by atoms with Crippen LogP contribution in [0.2, 0.25) is 0 Å². The average molecular weight is 197 g/mol. The predicted molar refractivity (Wildman–Crippen MR) is 55.7 cm³/mol. The molecule has 0 saturated heterocycles. The van der Waals surface area contributed by atoms with Crippen LogP contribution in [0.5, 0.6) is 0 Å². The van der Waals surface area contributed by atoms with Crippen molar-refractivity contribution in [2.75, 3.05) is 0 Å². The van der Waals surface area contributed by atoms with E-state index in [9.17, 15) is 4.79 Å². The van der Waals surface area contributed by atoms with Crippen molar-refractivity contribution < 1.29 is 4.79 Å². The smallest absolute Gasteiger partial charge is 0.226 e. The lowest BCUT2D eigenvalue weighted by atomic mass is 10.1. The van der Waals surface area contributed by atoms with Gasteiger partial charge in [-0.15, -0.1) is 0 Å². The minimum absolute atomic E-state index is 0.296. The highest BCUT2D eigenvalue weighted by Gasteiger charge is 2.02. The highest BCUT2D eigenvalue weighted by molar-refractivity contribution is 6.63. The van der Waals surface area contributed by atoms with Crippen LogP contribution in [0.3, 0.4) is 0 Å². The first-order chi connectivity index (χ1) is 6.22. The zero-order valence-electron chi connectivity index (χ0n) is 7.72. The van der Waals surface area contributed by atoms with Crippen molar-refractivity contribution in [3.05, 3.63) is 35.5 Å². The summed E-state index contributed by atoms with van der Waals surface area (Å²) in [6, 6.07) is 0. The molecule has 13 heavy (non-hydrogen) atoms. The molecule has 1 aliphatic rings. The molecule has 0 atom stereocenters. The number of hydrogen-bond acceptors (Lipinski definition) is 1. The van der Waals surface area contributed by atoms with Crippen molar-refractivity contribution in [2.45, 2.75) is 26.2 Å². The van der Waals surface area contributed by atoms with E-state index in [4.69, 9.17) is 11.6 Å².